The van der Waals surface area contributed by atoms with Crippen LogP contribution < -0.4 is 0 Å². The average Bonchev–Trinajstić information content (AvgIpc) is 2.59. The number of sulfonamides is 1. The molecule has 0 aromatic rings. The van der Waals surface area contributed by atoms with Gasteiger partial charge in [0.05, 0.1) is 11.3 Å². The van der Waals surface area contributed by atoms with Crippen LogP contribution in [0.3, 0.4) is 0 Å². The maximum absolute atomic E-state index is 13.4. The molecule has 0 aliphatic carbocycles. The van der Waals surface area contributed by atoms with Gasteiger partial charge in [0.2, 0.25) is 10.0 Å². The molecule has 6 heteroatoms. The highest BCUT2D eigenvalue weighted by atomic mass is 32.2. The summed E-state index contributed by atoms with van der Waals surface area (Å²) in [5, 5.41) is -0.629. The molecule has 0 spiro atoms. The van der Waals surface area contributed by atoms with Crippen molar-refractivity contribution in [2.45, 2.75) is 51.6 Å². The van der Waals surface area contributed by atoms with E-state index in [4.69, 9.17) is 0 Å². The van der Waals surface area contributed by atoms with E-state index >= 15 is 0 Å². The molecule has 0 bridgehead atoms. The molecule has 1 unspecified atom stereocenters. The first-order valence-corrected chi connectivity index (χ1v) is 7.36. The van der Waals surface area contributed by atoms with Gasteiger partial charge in [-0.05, 0) is 13.8 Å². The van der Waals surface area contributed by atoms with Gasteiger partial charge in [0.1, 0.15) is 6.17 Å². The Morgan fingerprint density at radius 2 is 1.82 bits per heavy atom. The van der Waals surface area contributed by atoms with E-state index in [-0.39, 0.29) is 24.7 Å². The van der Waals surface area contributed by atoms with Crippen LogP contribution in [0.15, 0.2) is 0 Å². The fraction of sp³-hybridized carbons (Fsp3) is 0.909. The summed E-state index contributed by atoms with van der Waals surface area (Å²) in [6.07, 6.45) is -1.25. The molecule has 1 heterocycles. The van der Waals surface area contributed by atoms with E-state index in [9.17, 15) is 17.6 Å². The van der Waals surface area contributed by atoms with Gasteiger partial charge in [-0.3, -0.25) is 4.79 Å². The van der Waals surface area contributed by atoms with Crippen molar-refractivity contribution in [1.29, 1.82) is 0 Å². The van der Waals surface area contributed by atoms with Crippen LogP contribution in [0, 0.1) is 5.92 Å². The minimum absolute atomic E-state index is 0.0109. The second-order valence-corrected chi connectivity index (χ2v) is 7.51. The summed E-state index contributed by atoms with van der Waals surface area (Å²) < 4.78 is 38.5. The summed E-state index contributed by atoms with van der Waals surface area (Å²) in [7, 11) is -3.56. The lowest BCUT2D eigenvalue weighted by atomic mass is 10.0. The van der Waals surface area contributed by atoms with E-state index in [2.05, 4.69) is 0 Å². The fourth-order valence-electron chi connectivity index (χ4n) is 1.95. The molecule has 0 aromatic carbocycles. The molecule has 17 heavy (non-hydrogen) atoms. The second-order valence-electron chi connectivity index (χ2n) is 5.07. The quantitative estimate of drug-likeness (QED) is 0.771. The highest BCUT2D eigenvalue weighted by Crippen LogP contribution is 2.27. The topological polar surface area (TPSA) is 54.5 Å². The number of carbonyl (C=O) groups excluding carboxylic acids is 1. The molecule has 1 aliphatic heterocycles. The summed E-state index contributed by atoms with van der Waals surface area (Å²) in [5.41, 5.74) is 0. The van der Waals surface area contributed by atoms with Crippen molar-refractivity contribution >= 4 is 15.8 Å². The minimum Gasteiger partial charge on any atom is -0.298 e. The SMILES string of the molecule is CC(C)C(=O)[C@@H]1CC(F)CN1S(=O)(=O)C(C)C. The largest absolute Gasteiger partial charge is 0.298 e. The molecule has 4 nitrogen and oxygen atoms in total. The molecule has 0 N–H and O–H groups in total. The van der Waals surface area contributed by atoms with Crippen LogP contribution in [0.1, 0.15) is 34.1 Å². The molecular weight excluding hydrogens is 245 g/mol. The van der Waals surface area contributed by atoms with Crippen molar-refractivity contribution in [2.75, 3.05) is 6.54 Å². The van der Waals surface area contributed by atoms with E-state index in [1.165, 1.54) is 13.8 Å². The van der Waals surface area contributed by atoms with Crippen LogP contribution >= 0.6 is 0 Å². The Kier molecular flexibility index (Phi) is 4.30. The average molecular weight is 265 g/mol. The molecule has 0 saturated carbocycles. The van der Waals surface area contributed by atoms with Crippen molar-refractivity contribution in [3.05, 3.63) is 0 Å². The number of hydrogen-bond donors (Lipinski definition) is 0. The van der Waals surface area contributed by atoms with E-state index < -0.39 is 27.5 Å². The first kappa shape index (κ1) is 14.6. The maximum Gasteiger partial charge on any atom is 0.217 e. The van der Waals surface area contributed by atoms with E-state index in [0.717, 1.165) is 4.31 Å². The normalized spacial score (nSPS) is 27.0. The van der Waals surface area contributed by atoms with Crippen LogP contribution in [0.4, 0.5) is 4.39 Å². The summed E-state index contributed by atoms with van der Waals surface area (Å²) in [6.45, 7) is 6.29. The Morgan fingerprint density at radius 1 is 1.29 bits per heavy atom. The smallest absolute Gasteiger partial charge is 0.217 e. The first-order valence-electron chi connectivity index (χ1n) is 5.86. The van der Waals surface area contributed by atoms with Gasteiger partial charge in [0.25, 0.3) is 0 Å². The molecule has 1 fully saturated rings. The lowest BCUT2D eigenvalue weighted by Crippen LogP contribution is -2.45. The van der Waals surface area contributed by atoms with E-state index in [1.54, 1.807) is 13.8 Å². The summed E-state index contributed by atoms with van der Waals surface area (Å²) >= 11 is 0. The number of Topliss-reactive ketones (excluding diaryl/α,β-unsaturated/α-hetero) is 1. The van der Waals surface area contributed by atoms with Crippen molar-refractivity contribution < 1.29 is 17.6 Å². The standard InChI is InChI=1S/C11H20FNO3S/c1-7(2)11(14)10-5-9(12)6-13(10)17(15,16)8(3)4/h7-10H,5-6H2,1-4H3/t9?,10-/m0/s1. The molecule has 0 aromatic heterocycles. The predicted octanol–water partition coefficient (Wildman–Crippen LogP) is 1.36. The lowest BCUT2D eigenvalue weighted by Gasteiger charge is -2.25. The number of rotatable bonds is 4. The molecule has 1 saturated heterocycles. The highest BCUT2D eigenvalue weighted by molar-refractivity contribution is 7.89. The van der Waals surface area contributed by atoms with Gasteiger partial charge in [-0.1, -0.05) is 13.8 Å². The van der Waals surface area contributed by atoms with Gasteiger partial charge >= 0.3 is 0 Å². The summed E-state index contributed by atoms with van der Waals surface area (Å²) in [6, 6.07) is -0.822. The molecule has 2 atom stereocenters. The number of hydrogen-bond acceptors (Lipinski definition) is 3. The highest BCUT2D eigenvalue weighted by Gasteiger charge is 2.44. The van der Waals surface area contributed by atoms with Crippen LogP contribution in [0.5, 0.6) is 0 Å². The summed E-state index contributed by atoms with van der Waals surface area (Å²) in [5.74, 6) is -0.482. The molecule has 0 amide bonds. The predicted molar refractivity (Wildman–Crippen MR) is 63.9 cm³/mol. The monoisotopic (exact) mass is 265 g/mol. The van der Waals surface area contributed by atoms with Crippen LogP contribution in [-0.2, 0) is 14.8 Å². The van der Waals surface area contributed by atoms with Crippen molar-refractivity contribution in [2.24, 2.45) is 5.92 Å². The van der Waals surface area contributed by atoms with Crippen LogP contribution in [0.25, 0.3) is 0 Å². The molecule has 1 aliphatic rings. The zero-order valence-electron chi connectivity index (χ0n) is 10.7. The van der Waals surface area contributed by atoms with Gasteiger partial charge < -0.3 is 0 Å². The van der Waals surface area contributed by atoms with Crippen molar-refractivity contribution in [3.63, 3.8) is 0 Å². The van der Waals surface area contributed by atoms with Gasteiger partial charge in [0, 0.05) is 18.9 Å². The fourth-order valence-corrected chi connectivity index (χ4v) is 3.41. The molecule has 0 radical (unpaired) electrons. The van der Waals surface area contributed by atoms with Crippen LogP contribution in [-0.4, -0.2) is 42.5 Å². The minimum atomic E-state index is -3.56. The zero-order valence-corrected chi connectivity index (χ0v) is 11.5. The van der Waals surface area contributed by atoms with Gasteiger partial charge in [0.15, 0.2) is 5.78 Å². The van der Waals surface area contributed by atoms with Crippen molar-refractivity contribution in [1.82, 2.24) is 4.31 Å². The second kappa shape index (κ2) is 5.02. The summed E-state index contributed by atoms with van der Waals surface area (Å²) in [4.78, 5) is 11.9. The molecular formula is C11H20FNO3S. The van der Waals surface area contributed by atoms with E-state index in [0.29, 0.717) is 0 Å². The number of nitrogens with zero attached hydrogens (tertiary/aromatic N) is 1. The Labute approximate surface area is 102 Å². The third kappa shape index (κ3) is 2.85. The van der Waals surface area contributed by atoms with Gasteiger partial charge in [-0.2, -0.15) is 4.31 Å². The van der Waals surface area contributed by atoms with Crippen LogP contribution in [0.2, 0.25) is 0 Å². The first-order chi connectivity index (χ1) is 7.67. The number of carbonyl (C=O) groups is 1. The van der Waals surface area contributed by atoms with Gasteiger partial charge in [-0.25, -0.2) is 12.8 Å². The Hall–Kier alpha value is -0.490. The number of ketones is 1. The number of alkyl halides is 1. The van der Waals surface area contributed by atoms with E-state index in [1.807, 2.05) is 0 Å². The Morgan fingerprint density at radius 3 is 2.24 bits per heavy atom. The maximum atomic E-state index is 13.4. The zero-order chi connectivity index (χ0) is 13.4. The third-order valence-electron chi connectivity index (χ3n) is 3.02. The van der Waals surface area contributed by atoms with Crippen molar-refractivity contribution in [3.8, 4) is 0 Å². The Bertz CT molecular complexity index is 392. The number of halogens is 1. The molecule has 1 rings (SSSR count). The van der Waals surface area contributed by atoms with Gasteiger partial charge in [-0.15, -0.1) is 0 Å². The lowest BCUT2D eigenvalue weighted by molar-refractivity contribution is -0.125. The third-order valence-corrected chi connectivity index (χ3v) is 5.27. The Balaban J connectivity index is 3.02. The molecule has 100 valence electrons.